The third-order valence-corrected chi connectivity index (χ3v) is 4.89. The maximum atomic E-state index is 12.5. The van der Waals surface area contributed by atoms with E-state index in [9.17, 15) is 24.5 Å². The largest absolute Gasteiger partial charge is 0.467 e. The van der Waals surface area contributed by atoms with Crippen LogP contribution in [0.4, 0.5) is 5.69 Å². The van der Waals surface area contributed by atoms with Gasteiger partial charge >= 0.3 is 11.7 Å². The number of carbonyl (C=O) groups is 1. The first-order valence-electron chi connectivity index (χ1n) is 9.05. The summed E-state index contributed by atoms with van der Waals surface area (Å²) in [5.74, 6) is -0.330. The first kappa shape index (κ1) is 20.3. The molecule has 3 aromatic rings. The van der Waals surface area contributed by atoms with Gasteiger partial charge in [0.2, 0.25) is 0 Å². The van der Waals surface area contributed by atoms with Crippen molar-refractivity contribution >= 4 is 22.8 Å². The molecule has 1 aromatic carbocycles. The number of carbonyl (C=O) groups excluding carboxylic acids is 1. The number of non-ortho nitro benzene ring substituents is 1. The van der Waals surface area contributed by atoms with Gasteiger partial charge in [0.1, 0.15) is 18.9 Å². The molecule has 0 saturated carbocycles. The summed E-state index contributed by atoms with van der Waals surface area (Å²) >= 11 is 0. The number of nitrogens with zero attached hydrogens (tertiary/aromatic N) is 5. The molecule has 1 aliphatic heterocycles. The van der Waals surface area contributed by atoms with Crippen LogP contribution >= 0.6 is 0 Å². The highest BCUT2D eigenvalue weighted by atomic mass is 16.7. The van der Waals surface area contributed by atoms with Crippen molar-refractivity contribution in [2.45, 2.75) is 19.8 Å². The minimum absolute atomic E-state index is 0.0190. The van der Waals surface area contributed by atoms with Crippen LogP contribution < -0.4 is 16.0 Å². The Hall–Kier alpha value is -4.00. The highest BCUT2D eigenvalue weighted by Crippen LogP contribution is 2.33. The van der Waals surface area contributed by atoms with Gasteiger partial charge in [0.05, 0.1) is 17.9 Å². The SMILES string of the molecule is Cn1c(=O)c2c(ncn2CC(=O)OCc2cc([N+](=O)[O-])cc3c2OCOC3)n(C)c1=O. The van der Waals surface area contributed by atoms with Crippen molar-refractivity contribution in [2.24, 2.45) is 14.1 Å². The highest BCUT2D eigenvalue weighted by Gasteiger charge is 2.22. The van der Waals surface area contributed by atoms with Crippen LogP contribution in [0.5, 0.6) is 5.75 Å². The van der Waals surface area contributed by atoms with Crippen LogP contribution in [0.2, 0.25) is 0 Å². The summed E-state index contributed by atoms with van der Waals surface area (Å²) < 4.78 is 19.2. The quantitative estimate of drug-likeness (QED) is 0.308. The first-order chi connectivity index (χ1) is 14.8. The van der Waals surface area contributed by atoms with E-state index in [4.69, 9.17) is 14.2 Å². The van der Waals surface area contributed by atoms with E-state index in [0.29, 0.717) is 16.9 Å². The minimum Gasteiger partial charge on any atom is -0.467 e. The second-order valence-corrected chi connectivity index (χ2v) is 6.87. The number of hydrogen-bond acceptors (Lipinski definition) is 9. The average molecular weight is 431 g/mol. The lowest BCUT2D eigenvalue weighted by molar-refractivity contribution is -0.385. The van der Waals surface area contributed by atoms with Crippen LogP contribution in [0, 0.1) is 10.1 Å². The van der Waals surface area contributed by atoms with E-state index in [-0.39, 0.29) is 43.4 Å². The molecule has 162 valence electrons. The van der Waals surface area contributed by atoms with E-state index in [2.05, 4.69) is 4.98 Å². The van der Waals surface area contributed by atoms with Gasteiger partial charge < -0.3 is 18.8 Å². The predicted octanol–water partition coefficient (Wildman–Crippen LogP) is -0.0482. The second kappa shape index (κ2) is 7.68. The van der Waals surface area contributed by atoms with Crippen molar-refractivity contribution in [3.05, 3.63) is 60.5 Å². The number of nitro groups is 1. The second-order valence-electron chi connectivity index (χ2n) is 6.87. The lowest BCUT2D eigenvalue weighted by Gasteiger charge is -2.20. The number of esters is 1. The molecule has 31 heavy (non-hydrogen) atoms. The predicted molar refractivity (Wildman–Crippen MR) is 103 cm³/mol. The van der Waals surface area contributed by atoms with Crippen molar-refractivity contribution in [3.63, 3.8) is 0 Å². The molecule has 0 fully saturated rings. The molecule has 2 aromatic heterocycles. The van der Waals surface area contributed by atoms with Crippen molar-refractivity contribution < 1.29 is 23.9 Å². The summed E-state index contributed by atoms with van der Waals surface area (Å²) in [7, 11) is 2.80. The molecular weight excluding hydrogens is 414 g/mol. The Kier molecular flexibility index (Phi) is 5.02. The number of imidazole rings is 1. The Bertz CT molecular complexity index is 1340. The standard InChI is InChI=1S/C18H17N5O8/c1-20-16-14(17(25)21(2)18(20)26)22(8-19-16)5-13(24)30-7-11-4-12(23(27)28)3-10-6-29-9-31-15(10)11/h3-4,8H,5-7,9H2,1-2H3. The molecule has 0 atom stereocenters. The molecule has 13 nitrogen and oxygen atoms in total. The molecule has 3 heterocycles. The zero-order valence-electron chi connectivity index (χ0n) is 16.6. The van der Waals surface area contributed by atoms with E-state index in [0.717, 1.165) is 4.57 Å². The summed E-state index contributed by atoms with van der Waals surface area (Å²) in [5.41, 5.74) is -0.277. The molecule has 0 spiro atoms. The highest BCUT2D eigenvalue weighted by molar-refractivity contribution is 5.75. The van der Waals surface area contributed by atoms with Gasteiger partial charge in [0.25, 0.3) is 11.2 Å². The monoisotopic (exact) mass is 431 g/mol. The molecule has 0 amide bonds. The minimum atomic E-state index is -0.706. The summed E-state index contributed by atoms with van der Waals surface area (Å²) in [6.45, 7) is -0.493. The Balaban J connectivity index is 1.57. The maximum absolute atomic E-state index is 12.5. The molecule has 1 aliphatic rings. The van der Waals surface area contributed by atoms with Crippen LogP contribution in [0.1, 0.15) is 11.1 Å². The number of aromatic nitrogens is 4. The third-order valence-electron chi connectivity index (χ3n) is 4.89. The Morgan fingerprint density at radius 3 is 2.81 bits per heavy atom. The van der Waals surface area contributed by atoms with Crippen LogP contribution in [0.15, 0.2) is 28.0 Å². The lowest BCUT2D eigenvalue weighted by Crippen LogP contribution is -2.37. The topological polar surface area (TPSA) is 150 Å². The summed E-state index contributed by atoms with van der Waals surface area (Å²) in [5, 5.41) is 11.2. The fraction of sp³-hybridized carbons (Fsp3) is 0.333. The summed E-state index contributed by atoms with van der Waals surface area (Å²) in [4.78, 5) is 51.5. The van der Waals surface area contributed by atoms with Crippen molar-refractivity contribution in [2.75, 3.05) is 6.79 Å². The van der Waals surface area contributed by atoms with E-state index in [1.165, 1.54) is 41.7 Å². The molecule has 0 aliphatic carbocycles. The molecular formula is C18H17N5O8. The molecule has 4 rings (SSSR count). The number of ether oxygens (including phenoxy) is 3. The fourth-order valence-corrected chi connectivity index (χ4v) is 3.35. The Morgan fingerprint density at radius 1 is 1.29 bits per heavy atom. The number of benzene rings is 1. The number of aryl methyl sites for hydroxylation is 1. The zero-order valence-corrected chi connectivity index (χ0v) is 16.6. The van der Waals surface area contributed by atoms with Crippen LogP contribution in [-0.2, 0) is 48.1 Å². The van der Waals surface area contributed by atoms with E-state index < -0.39 is 22.1 Å². The molecule has 0 N–H and O–H groups in total. The zero-order chi connectivity index (χ0) is 22.3. The molecule has 0 unspecified atom stereocenters. The van der Waals surface area contributed by atoms with Gasteiger partial charge in [-0.2, -0.15) is 0 Å². The van der Waals surface area contributed by atoms with Crippen LogP contribution in [0.25, 0.3) is 11.2 Å². The van der Waals surface area contributed by atoms with Gasteiger partial charge in [-0.05, 0) is 0 Å². The summed E-state index contributed by atoms with van der Waals surface area (Å²) in [6, 6.07) is 2.62. The van der Waals surface area contributed by atoms with Gasteiger partial charge in [-0.1, -0.05) is 0 Å². The summed E-state index contributed by atoms with van der Waals surface area (Å²) in [6.07, 6.45) is 1.27. The molecule has 0 radical (unpaired) electrons. The molecule has 0 bridgehead atoms. The smallest absolute Gasteiger partial charge is 0.332 e. The Labute approximate surface area is 173 Å². The maximum Gasteiger partial charge on any atom is 0.332 e. The normalized spacial score (nSPS) is 13.0. The molecule has 13 heteroatoms. The number of hydrogen-bond donors (Lipinski definition) is 0. The third kappa shape index (κ3) is 3.54. The average Bonchev–Trinajstić information content (AvgIpc) is 3.17. The number of rotatable bonds is 5. The number of nitro benzene ring substituents is 1. The number of fused-ring (bicyclic) bond motifs is 2. The van der Waals surface area contributed by atoms with Gasteiger partial charge in [-0.15, -0.1) is 0 Å². The van der Waals surface area contributed by atoms with Crippen molar-refractivity contribution in [3.8, 4) is 5.75 Å². The van der Waals surface area contributed by atoms with Gasteiger partial charge in [0, 0.05) is 37.4 Å². The van der Waals surface area contributed by atoms with Gasteiger partial charge in [-0.25, -0.2) is 9.78 Å². The van der Waals surface area contributed by atoms with Gasteiger partial charge in [-0.3, -0.25) is 28.8 Å². The van der Waals surface area contributed by atoms with Crippen LogP contribution in [-0.4, -0.2) is 36.4 Å². The Morgan fingerprint density at radius 2 is 2.06 bits per heavy atom. The fourth-order valence-electron chi connectivity index (χ4n) is 3.35. The van der Waals surface area contributed by atoms with Crippen LogP contribution in [0.3, 0.4) is 0 Å². The first-order valence-corrected chi connectivity index (χ1v) is 9.05. The lowest BCUT2D eigenvalue weighted by atomic mass is 10.1. The van der Waals surface area contributed by atoms with Crippen molar-refractivity contribution in [1.82, 2.24) is 18.7 Å². The van der Waals surface area contributed by atoms with E-state index in [1.807, 2.05) is 0 Å². The molecule has 0 saturated heterocycles. The van der Waals surface area contributed by atoms with E-state index >= 15 is 0 Å². The van der Waals surface area contributed by atoms with E-state index in [1.54, 1.807) is 0 Å². The van der Waals surface area contributed by atoms with Gasteiger partial charge in [0.15, 0.2) is 18.0 Å². The van der Waals surface area contributed by atoms with Crippen molar-refractivity contribution in [1.29, 1.82) is 0 Å².